The van der Waals surface area contributed by atoms with E-state index in [0.717, 1.165) is 11.1 Å². The first-order valence-electron chi connectivity index (χ1n) is 9.75. The maximum absolute atomic E-state index is 13.3. The lowest BCUT2D eigenvalue weighted by atomic mass is 10.1. The number of sulfone groups is 1. The zero-order chi connectivity index (χ0) is 21.6. The maximum atomic E-state index is 13.3. The summed E-state index contributed by atoms with van der Waals surface area (Å²) in [6, 6.07) is 9.94. The molecule has 0 atom stereocenters. The van der Waals surface area contributed by atoms with Crippen molar-refractivity contribution in [2.45, 2.75) is 62.5 Å². The van der Waals surface area contributed by atoms with E-state index >= 15 is 0 Å². The lowest BCUT2D eigenvalue weighted by Crippen LogP contribution is -2.10. The van der Waals surface area contributed by atoms with Crippen molar-refractivity contribution in [3.63, 3.8) is 0 Å². The van der Waals surface area contributed by atoms with Gasteiger partial charge in [-0.3, -0.25) is 0 Å². The molecule has 0 bridgehead atoms. The van der Waals surface area contributed by atoms with Gasteiger partial charge in [0.25, 0.3) is 0 Å². The van der Waals surface area contributed by atoms with Crippen LogP contribution in [-0.2, 0) is 22.7 Å². The zero-order valence-corrected chi connectivity index (χ0v) is 18.5. The molecule has 0 saturated heterocycles. The number of allylic oxidation sites excluding steroid dienone is 2. The quantitative estimate of drug-likeness (QED) is 0.478. The first-order valence-corrected chi connectivity index (χ1v) is 11.2. The van der Waals surface area contributed by atoms with Crippen LogP contribution in [-0.4, -0.2) is 20.6 Å². The summed E-state index contributed by atoms with van der Waals surface area (Å²) >= 11 is 0. The van der Waals surface area contributed by atoms with Crippen LogP contribution in [0.15, 0.2) is 71.5 Å². The summed E-state index contributed by atoms with van der Waals surface area (Å²) in [5, 5.41) is 0. The van der Waals surface area contributed by atoms with Gasteiger partial charge in [-0.05, 0) is 88.1 Å². The van der Waals surface area contributed by atoms with Crippen LogP contribution < -0.4 is 9.47 Å². The molecule has 0 aliphatic heterocycles. The SMILES string of the molecule is C=CCc1cc(S(=O)(=O)c2ccc(OC(C)C)c(CC=C)c2)ccc1OC(C)C. The minimum absolute atomic E-state index is 0.00372. The zero-order valence-electron chi connectivity index (χ0n) is 17.6. The van der Waals surface area contributed by atoms with Gasteiger partial charge < -0.3 is 9.47 Å². The first-order chi connectivity index (χ1) is 13.7. The molecule has 0 aliphatic rings. The second-order valence-corrected chi connectivity index (χ2v) is 9.31. The summed E-state index contributed by atoms with van der Waals surface area (Å²) in [7, 11) is -3.69. The van der Waals surface area contributed by atoms with Gasteiger partial charge in [-0.2, -0.15) is 0 Å². The van der Waals surface area contributed by atoms with E-state index in [1.54, 1.807) is 48.6 Å². The molecule has 0 aliphatic carbocycles. The lowest BCUT2D eigenvalue weighted by molar-refractivity contribution is 0.240. The minimum atomic E-state index is -3.69. The van der Waals surface area contributed by atoms with E-state index in [0.29, 0.717) is 24.3 Å². The molecule has 0 unspecified atom stereocenters. The van der Waals surface area contributed by atoms with E-state index < -0.39 is 9.84 Å². The molecular weight excluding hydrogens is 384 g/mol. The van der Waals surface area contributed by atoms with Gasteiger partial charge in [0.05, 0.1) is 22.0 Å². The molecule has 29 heavy (non-hydrogen) atoms. The van der Waals surface area contributed by atoms with Gasteiger partial charge in [0, 0.05) is 0 Å². The van der Waals surface area contributed by atoms with E-state index in [1.165, 1.54) is 0 Å². The van der Waals surface area contributed by atoms with Crippen molar-refractivity contribution in [2.75, 3.05) is 0 Å². The van der Waals surface area contributed by atoms with Gasteiger partial charge in [-0.15, -0.1) is 13.2 Å². The van der Waals surface area contributed by atoms with Crippen LogP contribution >= 0.6 is 0 Å². The van der Waals surface area contributed by atoms with Crippen LogP contribution in [0.4, 0.5) is 0 Å². The Morgan fingerprint density at radius 1 is 0.793 bits per heavy atom. The fourth-order valence-electron chi connectivity index (χ4n) is 2.95. The molecule has 0 spiro atoms. The molecule has 0 N–H and O–H groups in total. The Balaban J connectivity index is 2.51. The number of benzene rings is 2. The Hall–Kier alpha value is -2.53. The standard InChI is InChI=1S/C24H30O4S/c1-7-9-19-15-21(11-13-23(19)27-17(3)4)29(25,26)22-12-14-24(28-18(5)6)20(16-22)10-8-2/h7-8,11-18H,1-2,9-10H2,3-6H3. The Labute approximate surface area is 174 Å². The van der Waals surface area contributed by atoms with Gasteiger partial charge in [0.2, 0.25) is 9.84 Å². The normalized spacial score (nSPS) is 11.5. The maximum Gasteiger partial charge on any atom is 0.206 e. The topological polar surface area (TPSA) is 52.6 Å². The molecular formula is C24H30O4S. The molecule has 2 rings (SSSR count). The Kier molecular flexibility index (Phi) is 7.68. The van der Waals surface area contributed by atoms with Gasteiger partial charge in [0.15, 0.2) is 0 Å². The van der Waals surface area contributed by atoms with Crippen LogP contribution in [0.1, 0.15) is 38.8 Å². The highest BCUT2D eigenvalue weighted by Gasteiger charge is 2.21. The third kappa shape index (κ3) is 5.73. The van der Waals surface area contributed by atoms with Crippen molar-refractivity contribution in [1.29, 1.82) is 0 Å². The van der Waals surface area contributed by atoms with Crippen LogP contribution in [0, 0.1) is 0 Å². The molecule has 0 fully saturated rings. The van der Waals surface area contributed by atoms with E-state index in [1.807, 2.05) is 27.7 Å². The molecule has 5 heteroatoms. The molecule has 2 aromatic carbocycles. The van der Waals surface area contributed by atoms with E-state index in [-0.39, 0.29) is 22.0 Å². The first kappa shape index (κ1) is 22.8. The van der Waals surface area contributed by atoms with E-state index in [2.05, 4.69) is 13.2 Å². The molecule has 156 valence electrons. The summed E-state index contributed by atoms with van der Waals surface area (Å²) in [5.74, 6) is 1.35. The van der Waals surface area contributed by atoms with Crippen molar-refractivity contribution < 1.29 is 17.9 Å². The monoisotopic (exact) mass is 414 g/mol. The lowest BCUT2D eigenvalue weighted by Gasteiger charge is -2.16. The second-order valence-electron chi connectivity index (χ2n) is 7.36. The third-order valence-corrected chi connectivity index (χ3v) is 5.89. The highest BCUT2D eigenvalue weighted by atomic mass is 32.2. The second kappa shape index (κ2) is 9.79. The van der Waals surface area contributed by atoms with Crippen LogP contribution in [0.5, 0.6) is 11.5 Å². The molecule has 0 heterocycles. The molecule has 4 nitrogen and oxygen atoms in total. The summed E-state index contributed by atoms with van der Waals surface area (Å²) in [4.78, 5) is 0.458. The number of hydrogen-bond acceptors (Lipinski definition) is 4. The average molecular weight is 415 g/mol. The predicted molar refractivity (Wildman–Crippen MR) is 118 cm³/mol. The highest BCUT2D eigenvalue weighted by Crippen LogP contribution is 2.31. The molecule has 0 saturated carbocycles. The summed E-state index contributed by atoms with van der Waals surface area (Å²) < 4.78 is 38.2. The van der Waals surface area contributed by atoms with Crippen molar-refractivity contribution in [3.8, 4) is 11.5 Å². The predicted octanol–water partition coefficient (Wildman–Crippen LogP) is 5.55. The Bertz CT molecular complexity index is 899. The average Bonchev–Trinajstić information content (AvgIpc) is 2.64. The number of hydrogen-bond donors (Lipinski definition) is 0. The summed E-state index contributed by atoms with van der Waals surface area (Å²) in [5.41, 5.74) is 1.58. The van der Waals surface area contributed by atoms with Crippen LogP contribution in [0.3, 0.4) is 0 Å². The molecule has 2 aromatic rings. The van der Waals surface area contributed by atoms with Crippen molar-refractivity contribution in [3.05, 3.63) is 72.8 Å². The van der Waals surface area contributed by atoms with Gasteiger partial charge in [0.1, 0.15) is 11.5 Å². The van der Waals surface area contributed by atoms with Crippen LogP contribution in [0.25, 0.3) is 0 Å². The van der Waals surface area contributed by atoms with Gasteiger partial charge in [-0.1, -0.05) is 12.2 Å². The summed E-state index contributed by atoms with van der Waals surface area (Å²) in [6.45, 7) is 15.3. The minimum Gasteiger partial charge on any atom is -0.491 e. The Morgan fingerprint density at radius 2 is 1.17 bits per heavy atom. The Morgan fingerprint density at radius 3 is 1.48 bits per heavy atom. The number of rotatable bonds is 10. The highest BCUT2D eigenvalue weighted by molar-refractivity contribution is 7.91. The third-order valence-electron chi connectivity index (χ3n) is 4.14. The fraction of sp³-hybridized carbons (Fsp3) is 0.333. The van der Waals surface area contributed by atoms with Gasteiger partial charge >= 0.3 is 0 Å². The van der Waals surface area contributed by atoms with E-state index in [9.17, 15) is 8.42 Å². The van der Waals surface area contributed by atoms with E-state index in [4.69, 9.17) is 9.47 Å². The fourth-order valence-corrected chi connectivity index (χ4v) is 4.31. The van der Waals surface area contributed by atoms with Crippen molar-refractivity contribution >= 4 is 9.84 Å². The number of ether oxygens (including phenoxy) is 2. The van der Waals surface area contributed by atoms with Crippen molar-refractivity contribution in [2.24, 2.45) is 0 Å². The van der Waals surface area contributed by atoms with Crippen molar-refractivity contribution in [1.82, 2.24) is 0 Å². The molecule has 0 aromatic heterocycles. The summed E-state index contributed by atoms with van der Waals surface area (Å²) in [6.07, 6.45) is 4.51. The molecule has 0 amide bonds. The van der Waals surface area contributed by atoms with Gasteiger partial charge in [-0.25, -0.2) is 8.42 Å². The smallest absolute Gasteiger partial charge is 0.206 e. The molecule has 0 radical (unpaired) electrons. The van der Waals surface area contributed by atoms with Crippen LogP contribution in [0.2, 0.25) is 0 Å². The largest absolute Gasteiger partial charge is 0.491 e.